The molecule has 18 heavy (non-hydrogen) atoms. The molecule has 0 aromatic carbocycles. The van der Waals surface area contributed by atoms with Crippen LogP contribution in [0.3, 0.4) is 0 Å². The summed E-state index contributed by atoms with van der Waals surface area (Å²) in [5.74, 6) is -1.49. The standard InChI is InChI=1S/C11H19N3O4/c12-8(3-4-10(16)17)11(18)13-6-5-9(15)14-7-1-2-7/h7-8H,1-6,12H2,(H,13,18)(H,14,15)(H,16,17). The van der Waals surface area contributed by atoms with Crippen molar-refractivity contribution in [1.29, 1.82) is 0 Å². The SMILES string of the molecule is NC(CCC(=O)O)C(=O)NCCC(=O)NC1CC1. The summed E-state index contributed by atoms with van der Waals surface area (Å²) in [6.45, 7) is 0.220. The molecule has 5 N–H and O–H groups in total. The smallest absolute Gasteiger partial charge is 0.303 e. The first-order valence-electron chi connectivity index (χ1n) is 6.03. The van der Waals surface area contributed by atoms with E-state index in [1.807, 2.05) is 0 Å². The molecule has 0 heterocycles. The maximum atomic E-state index is 11.4. The number of rotatable bonds is 8. The average molecular weight is 257 g/mol. The van der Waals surface area contributed by atoms with E-state index in [1.165, 1.54) is 0 Å². The van der Waals surface area contributed by atoms with Crippen LogP contribution in [0, 0.1) is 0 Å². The summed E-state index contributed by atoms with van der Waals surface area (Å²) in [6.07, 6.45) is 2.22. The molecule has 0 aromatic rings. The molecule has 0 spiro atoms. The molecule has 102 valence electrons. The second-order valence-corrected chi connectivity index (χ2v) is 4.42. The van der Waals surface area contributed by atoms with Crippen LogP contribution in [0.5, 0.6) is 0 Å². The van der Waals surface area contributed by atoms with Gasteiger partial charge < -0.3 is 21.5 Å². The summed E-state index contributed by atoms with van der Waals surface area (Å²) >= 11 is 0. The number of nitrogens with two attached hydrogens (primary N) is 1. The average Bonchev–Trinajstić information content (AvgIpc) is 3.09. The molecule has 0 bridgehead atoms. The third-order valence-corrected chi connectivity index (χ3v) is 2.60. The first-order chi connectivity index (χ1) is 8.49. The fraction of sp³-hybridized carbons (Fsp3) is 0.727. The molecule has 7 nitrogen and oxygen atoms in total. The summed E-state index contributed by atoms with van der Waals surface area (Å²) in [6, 6.07) is -0.529. The molecule has 1 rings (SSSR count). The topological polar surface area (TPSA) is 122 Å². The molecule has 1 fully saturated rings. The Morgan fingerprint density at radius 1 is 1.28 bits per heavy atom. The number of hydrogen-bond acceptors (Lipinski definition) is 4. The Labute approximate surface area is 105 Å². The van der Waals surface area contributed by atoms with Gasteiger partial charge >= 0.3 is 5.97 Å². The number of carbonyl (C=O) groups is 3. The zero-order valence-corrected chi connectivity index (χ0v) is 10.1. The van der Waals surface area contributed by atoms with Crippen LogP contribution in [0.15, 0.2) is 0 Å². The number of carboxylic acids is 1. The third-order valence-electron chi connectivity index (χ3n) is 2.60. The van der Waals surface area contributed by atoms with Crippen LogP contribution in [0.4, 0.5) is 0 Å². The lowest BCUT2D eigenvalue weighted by molar-refractivity contribution is -0.137. The first-order valence-corrected chi connectivity index (χ1v) is 6.03. The van der Waals surface area contributed by atoms with E-state index in [9.17, 15) is 14.4 Å². The van der Waals surface area contributed by atoms with Crippen LogP contribution >= 0.6 is 0 Å². The molecule has 0 saturated heterocycles. The van der Waals surface area contributed by atoms with Crippen molar-refractivity contribution in [3.05, 3.63) is 0 Å². The van der Waals surface area contributed by atoms with Crippen LogP contribution in [0.1, 0.15) is 32.1 Å². The molecular formula is C11H19N3O4. The van der Waals surface area contributed by atoms with Crippen molar-refractivity contribution in [2.45, 2.75) is 44.2 Å². The number of carboxylic acid groups (broad SMARTS) is 1. The molecule has 2 amide bonds. The molecule has 1 saturated carbocycles. The minimum absolute atomic E-state index is 0.0862. The van der Waals surface area contributed by atoms with E-state index in [4.69, 9.17) is 10.8 Å². The largest absolute Gasteiger partial charge is 0.481 e. The van der Waals surface area contributed by atoms with Crippen molar-refractivity contribution in [2.24, 2.45) is 5.73 Å². The van der Waals surface area contributed by atoms with Crippen LogP contribution < -0.4 is 16.4 Å². The Hall–Kier alpha value is -1.63. The van der Waals surface area contributed by atoms with Crippen molar-refractivity contribution >= 4 is 17.8 Å². The predicted octanol–water partition coefficient (Wildman–Crippen LogP) is -1.04. The fourth-order valence-electron chi connectivity index (χ4n) is 1.37. The molecule has 1 aliphatic rings. The molecular weight excluding hydrogens is 238 g/mol. The van der Waals surface area contributed by atoms with Crippen LogP contribution in [-0.4, -0.2) is 41.5 Å². The summed E-state index contributed by atoms with van der Waals surface area (Å²) in [5.41, 5.74) is 5.50. The Balaban J connectivity index is 2.07. The van der Waals surface area contributed by atoms with Crippen LogP contribution in [0.2, 0.25) is 0 Å². The lowest BCUT2D eigenvalue weighted by Crippen LogP contribution is -2.42. The Morgan fingerprint density at radius 2 is 1.94 bits per heavy atom. The van der Waals surface area contributed by atoms with Crippen LogP contribution in [-0.2, 0) is 14.4 Å². The van der Waals surface area contributed by atoms with Gasteiger partial charge in [0.1, 0.15) is 0 Å². The fourth-order valence-corrected chi connectivity index (χ4v) is 1.37. The summed E-state index contributed by atoms with van der Waals surface area (Å²) < 4.78 is 0. The van der Waals surface area contributed by atoms with Gasteiger partial charge in [-0.3, -0.25) is 14.4 Å². The van der Waals surface area contributed by atoms with Crippen LogP contribution in [0.25, 0.3) is 0 Å². The van der Waals surface area contributed by atoms with Gasteiger partial charge in [0.15, 0.2) is 0 Å². The lowest BCUT2D eigenvalue weighted by Gasteiger charge is -2.11. The minimum atomic E-state index is -0.984. The molecule has 1 aliphatic carbocycles. The van der Waals surface area contributed by atoms with Crippen molar-refractivity contribution in [3.8, 4) is 0 Å². The van der Waals surface area contributed by atoms with Gasteiger partial charge in [0.25, 0.3) is 0 Å². The summed E-state index contributed by atoms with van der Waals surface area (Å²) in [5, 5.41) is 13.8. The van der Waals surface area contributed by atoms with E-state index < -0.39 is 17.9 Å². The van der Waals surface area contributed by atoms with E-state index >= 15 is 0 Å². The number of nitrogens with one attached hydrogen (secondary N) is 2. The number of aliphatic carboxylic acids is 1. The molecule has 7 heteroatoms. The lowest BCUT2D eigenvalue weighted by atomic mass is 10.1. The summed E-state index contributed by atoms with van der Waals surface area (Å²) in [7, 11) is 0. The second kappa shape index (κ2) is 6.95. The van der Waals surface area contributed by atoms with Crippen molar-refractivity contribution in [1.82, 2.24) is 10.6 Å². The normalized spacial score (nSPS) is 15.8. The summed E-state index contributed by atoms with van der Waals surface area (Å²) in [4.78, 5) is 33.0. The third kappa shape index (κ3) is 6.19. The van der Waals surface area contributed by atoms with E-state index in [-0.39, 0.29) is 31.7 Å². The highest BCUT2D eigenvalue weighted by atomic mass is 16.4. The number of amides is 2. The van der Waals surface area contributed by atoms with E-state index in [0.29, 0.717) is 6.04 Å². The maximum Gasteiger partial charge on any atom is 0.303 e. The van der Waals surface area contributed by atoms with Gasteiger partial charge in [0, 0.05) is 25.4 Å². The highest BCUT2D eigenvalue weighted by Gasteiger charge is 2.23. The molecule has 0 aliphatic heterocycles. The zero-order chi connectivity index (χ0) is 13.5. The quantitative estimate of drug-likeness (QED) is 0.442. The number of carbonyl (C=O) groups excluding carboxylic acids is 2. The van der Waals surface area contributed by atoms with E-state index in [2.05, 4.69) is 10.6 Å². The first kappa shape index (κ1) is 14.4. The minimum Gasteiger partial charge on any atom is -0.481 e. The predicted molar refractivity (Wildman–Crippen MR) is 63.6 cm³/mol. The van der Waals surface area contributed by atoms with E-state index in [0.717, 1.165) is 12.8 Å². The highest BCUT2D eigenvalue weighted by Crippen LogP contribution is 2.18. The molecule has 1 atom stereocenters. The van der Waals surface area contributed by atoms with E-state index in [1.54, 1.807) is 0 Å². The Kier molecular flexibility index (Phi) is 5.57. The van der Waals surface area contributed by atoms with Crippen molar-refractivity contribution < 1.29 is 19.5 Å². The van der Waals surface area contributed by atoms with Gasteiger partial charge in [-0.25, -0.2) is 0 Å². The van der Waals surface area contributed by atoms with Gasteiger partial charge in [-0.05, 0) is 19.3 Å². The second-order valence-electron chi connectivity index (χ2n) is 4.42. The van der Waals surface area contributed by atoms with Gasteiger partial charge in [-0.1, -0.05) is 0 Å². The van der Waals surface area contributed by atoms with Gasteiger partial charge in [-0.15, -0.1) is 0 Å². The molecule has 0 aromatic heterocycles. The van der Waals surface area contributed by atoms with Gasteiger partial charge in [-0.2, -0.15) is 0 Å². The molecule has 0 radical (unpaired) electrons. The van der Waals surface area contributed by atoms with Gasteiger partial charge in [0.2, 0.25) is 11.8 Å². The van der Waals surface area contributed by atoms with Crippen molar-refractivity contribution in [2.75, 3.05) is 6.54 Å². The monoisotopic (exact) mass is 257 g/mol. The molecule has 1 unspecified atom stereocenters. The Morgan fingerprint density at radius 3 is 2.50 bits per heavy atom. The zero-order valence-electron chi connectivity index (χ0n) is 10.1. The Bertz CT molecular complexity index is 328. The van der Waals surface area contributed by atoms with Crippen molar-refractivity contribution in [3.63, 3.8) is 0 Å². The highest BCUT2D eigenvalue weighted by molar-refractivity contribution is 5.83. The number of hydrogen-bond donors (Lipinski definition) is 4. The maximum absolute atomic E-state index is 11.4. The van der Waals surface area contributed by atoms with Gasteiger partial charge in [0.05, 0.1) is 6.04 Å².